The quantitative estimate of drug-likeness (QED) is 0.878. The molecule has 2 N–H and O–H groups in total. The number of carbonyl (C=O) groups is 1. The van der Waals surface area contributed by atoms with Crippen LogP contribution < -0.4 is 10.6 Å². The summed E-state index contributed by atoms with van der Waals surface area (Å²) >= 11 is 5.90. The van der Waals surface area contributed by atoms with Crippen molar-refractivity contribution >= 4 is 23.2 Å². The van der Waals surface area contributed by atoms with Crippen LogP contribution in [0.25, 0.3) is 0 Å². The Kier molecular flexibility index (Phi) is 4.58. The Bertz CT molecular complexity index is 431. The van der Waals surface area contributed by atoms with Crippen LogP contribution in [0.4, 0.5) is 5.69 Å². The zero-order valence-corrected chi connectivity index (χ0v) is 11.1. The van der Waals surface area contributed by atoms with Crippen LogP contribution in [-0.2, 0) is 9.53 Å². The second-order valence-electron chi connectivity index (χ2n) is 4.45. The highest BCUT2D eigenvalue weighted by molar-refractivity contribution is 6.31. The Labute approximate surface area is 112 Å². The zero-order valence-electron chi connectivity index (χ0n) is 10.3. The first-order valence-electron chi connectivity index (χ1n) is 6.02. The van der Waals surface area contributed by atoms with Gasteiger partial charge in [0.15, 0.2) is 0 Å². The first-order chi connectivity index (χ1) is 8.65. The molecule has 1 saturated heterocycles. The number of nitrogens with one attached hydrogen (secondary N) is 2. The van der Waals surface area contributed by atoms with E-state index in [1.165, 1.54) is 0 Å². The third-order valence-corrected chi connectivity index (χ3v) is 3.19. The molecular formula is C13H17ClN2O2. The molecule has 0 aromatic heterocycles. The number of anilines is 1. The number of halogens is 1. The fourth-order valence-electron chi connectivity index (χ4n) is 1.86. The van der Waals surface area contributed by atoms with Gasteiger partial charge in [0, 0.05) is 23.4 Å². The van der Waals surface area contributed by atoms with E-state index in [2.05, 4.69) is 10.6 Å². The minimum Gasteiger partial charge on any atom is -0.380 e. The molecule has 0 bridgehead atoms. The van der Waals surface area contributed by atoms with Crippen LogP contribution in [0.2, 0.25) is 5.02 Å². The van der Waals surface area contributed by atoms with Crippen molar-refractivity contribution in [3.63, 3.8) is 0 Å². The van der Waals surface area contributed by atoms with Crippen LogP contribution >= 0.6 is 11.6 Å². The van der Waals surface area contributed by atoms with Gasteiger partial charge in [-0.15, -0.1) is 0 Å². The highest BCUT2D eigenvalue weighted by Gasteiger charge is 2.16. The van der Waals surface area contributed by atoms with Gasteiger partial charge in [0.2, 0.25) is 5.91 Å². The van der Waals surface area contributed by atoms with Gasteiger partial charge in [0.05, 0.1) is 13.2 Å². The molecule has 1 fully saturated rings. The van der Waals surface area contributed by atoms with Gasteiger partial charge in [0.1, 0.15) is 0 Å². The van der Waals surface area contributed by atoms with E-state index >= 15 is 0 Å². The molecule has 0 saturated carbocycles. The van der Waals surface area contributed by atoms with Gasteiger partial charge < -0.3 is 15.4 Å². The van der Waals surface area contributed by atoms with Crippen molar-refractivity contribution in [1.82, 2.24) is 5.32 Å². The zero-order chi connectivity index (χ0) is 13.0. The molecule has 1 aromatic carbocycles. The summed E-state index contributed by atoms with van der Waals surface area (Å²) in [7, 11) is 0. The minimum absolute atomic E-state index is 0.0627. The summed E-state index contributed by atoms with van der Waals surface area (Å²) in [6, 6.07) is 5.74. The molecule has 1 aliphatic rings. The van der Waals surface area contributed by atoms with Crippen molar-refractivity contribution in [2.75, 3.05) is 25.1 Å². The predicted molar refractivity (Wildman–Crippen MR) is 72.0 cm³/mol. The summed E-state index contributed by atoms with van der Waals surface area (Å²) in [4.78, 5) is 11.8. The van der Waals surface area contributed by atoms with E-state index < -0.39 is 0 Å². The molecule has 5 heteroatoms. The number of ether oxygens (including phenoxy) is 1. The first kappa shape index (κ1) is 13.3. The van der Waals surface area contributed by atoms with Crippen molar-refractivity contribution in [2.45, 2.75) is 19.4 Å². The van der Waals surface area contributed by atoms with Crippen molar-refractivity contribution < 1.29 is 9.53 Å². The molecule has 0 spiro atoms. The topological polar surface area (TPSA) is 50.4 Å². The summed E-state index contributed by atoms with van der Waals surface area (Å²) in [6.45, 7) is 3.68. The maximum absolute atomic E-state index is 11.8. The van der Waals surface area contributed by atoms with E-state index in [0.717, 1.165) is 24.3 Å². The molecule has 4 nitrogen and oxygen atoms in total. The molecule has 1 aromatic rings. The number of hydrogen-bond acceptors (Lipinski definition) is 3. The summed E-state index contributed by atoms with van der Waals surface area (Å²) in [6.07, 6.45) is 0.962. The Morgan fingerprint density at radius 3 is 3.11 bits per heavy atom. The second-order valence-corrected chi connectivity index (χ2v) is 4.89. The molecule has 1 aliphatic heterocycles. The number of amides is 1. The Balaban J connectivity index is 1.84. The molecule has 1 unspecified atom stereocenters. The van der Waals surface area contributed by atoms with Crippen LogP contribution in [0.1, 0.15) is 12.0 Å². The minimum atomic E-state index is -0.0627. The third-order valence-electron chi connectivity index (χ3n) is 2.95. The molecule has 1 amide bonds. The smallest absolute Gasteiger partial charge is 0.238 e. The van der Waals surface area contributed by atoms with Crippen LogP contribution in [0.5, 0.6) is 0 Å². The number of hydrogen-bond donors (Lipinski definition) is 2. The van der Waals surface area contributed by atoms with E-state index in [1.54, 1.807) is 12.1 Å². The average Bonchev–Trinajstić information content (AvgIpc) is 2.84. The average molecular weight is 269 g/mol. The standard InChI is InChI=1S/C13H17ClN2O2/c1-9-2-3-10(14)6-12(9)16-13(17)7-15-11-4-5-18-8-11/h2-3,6,11,15H,4-5,7-8H2,1H3,(H,16,17). The highest BCUT2D eigenvalue weighted by atomic mass is 35.5. The summed E-state index contributed by atoms with van der Waals surface area (Å²) in [5.74, 6) is -0.0627. The number of rotatable bonds is 4. The van der Waals surface area contributed by atoms with Gasteiger partial charge in [-0.25, -0.2) is 0 Å². The second kappa shape index (κ2) is 6.18. The number of carbonyl (C=O) groups excluding carboxylic acids is 1. The monoisotopic (exact) mass is 268 g/mol. The fourth-order valence-corrected chi connectivity index (χ4v) is 2.03. The lowest BCUT2D eigenvalue weighted by atomic mass is 10.2. The van der Waals surface area contributed by atoms with Crippen LogP contribution in [0.15, 0.2) is 18.2 Å². The predicted octanol–water partition coefficient (Wildman–Crippen LogP) is 1.97. The first-order valence-corrected chi connectivity index (χ1v) is 6.40. The van der Waals surface area contributed by atoms with E-state index in [4.69, 9.17) is 16.3 Å². The summed E-state index contributed by atoms with van der Waals surface area (Å²) in [5.41, 5.74) is 1.76. The molecule has 18 heavy (non-hydrogen) atoms. The largest absolute Gasteiger partial charge is 0.380 e. The molecular weight excluding hydrogens is 252 g/mol. The van der Waals surface area contributed by atoms with Gasteiger partial charge in [-0.3, -0.25) is 4.79 Å². The highest BCUT2D eigenvalue weighted by Crippen LogP contribution is 2.19. The Morgan fingerprint density at radius 2 is 2.39 bits per heavy atom. The van der Waals surface area contributed by atoms with E-state index in [9.17, 15) is 4.79 Å². The van der Waals surface area contributed by atoms with Gasteiger partial charge in [0.25, 0.3) is 0 Å². The van der Waals surface area contributed by atoms with E-state index in [1.807, 2.05) is 13.0 Å². The molecule has 1 heterocycles. The fraction of sp³-hybridized carbons (Fsp3) is 0.462. The van der Waals surface area contributed by atoms with Crippen LogP contribution in [0.3, 0.4) is 0 Å². The Morgan fingerprint density at radius 1 is 1.56 bits per heavy atom. The normalized spacial score (nSPS) is 18.9. The van der Waals surface area contributed by atoms with Crippen LogP contribution in [-0.4, -0.2) is 31.7 Å². The summed E-state index contributed by atoms with van der Waals surface area (Å²) < 4.78 is 5.23. The third kappa shape index (κ3) is 3.70. The molecule has 98 valence electrons. The van der Waals surface area contributed by atoms with Crippen molar-refractivity contribution in [1.29, 1.82) is 0 Å². The molecule has 2 rings (SSSR count). The van der Waals surface area contributed by atoms with Crippen LogP contribution in [0, 0.1) is 6.92 Å². The van der Waals surface area contributed by atoms with Crippen molar-refractivity contribution in [3.8, 4) is 0 Å². The summed E-state index contributed by atoms with van der Waals surface area (Å²) in [5, 5.41) is 6.63. The van der Waals surface area contributed by atoms with E-state index in [-0.39, 0.29) is 11.9 Å². The maximum Gasteiger partial charge on any atom is 0.238 e. The molecule has 0 radical (unpaired) electrons. The Hall–Kier alpha value is -1.10. The number of benzene rings is 1. The number of aryl methyl sites for hydroxylation is 1. The lowest BCUT2D eigenvalue weighted by Crippen LogP contribution is -2.36. The van der Waals surface area contributed by atoms with E-state index in [0.29, 0.717) is 18.2 Å². The molecule has 0 aliphatic carbocycles. The van der Waals surface area contributed by atoms with Crippen molar-refractivity contribution in [2.24, 2.45) is 0 Å². The van der Waals surface area contributed by atoms with Crippen molar-refractivity contribution in [3.05, 3.63) is 28.8 Å². The SMILES string of the molecule is Cc1ccc(Cl)cc1NC(=O)CNC1CCOC1. The lowest BCUT2D eigenvalue weighted by molar-refractivity contribution is -0.115. The van der Waals surface area contributed by atoms with Gasteiger partial charge in [-0.2, -0.15) is 0 Å². The maximum atomic E-state index is 11.8. The van der Waals surface area contributed by atoms with Gasteiger partial charge in [-0.1, -0.05) is 17.7 Å². The van der Waals surface area contributed by atoms with Gasteiger partial charge >= 0.3 is 0 Å². The van der Waals surface area contributed by atoms with Gasteiger partial charge in [-0.05, 0) is 31.0 Å². The lowest BCUT2D eigenvalue weighted by Gasteiger charge is -2.12. The molecule has 1 atom stereocenters.